The van der Waals surface area contributed by atoms with Gasteiger partial charge >= 0.3 is 5.97 Å². The summed E-state index contributed by atoms with van der Waals surface area (Å²) in [6.45, 7) is 0. The van der Waals surface area contributed by atoms with Crippen molar-refractivity contribution in [2.45, 2.75) is 16.7 Å². The second-order valence-corrected chi connectivity index (χ2v) is 8.85. The Balaban J connectivity index is 1.87. The van der Waals surface area contributed by atoms with Crippen LogP contribution in [-0.2, 0) is 14.6 Å². The lowest BCUT2D eigenvalue weighted by molar-refractivity contribution is 0.0280. The third-order valence-corrected chi connectivity index (χ3v) is 7.23. The molecule has 1 aliphatic heterocycles. The van der Waals surface area contributed by atoms with Crippen LogP contribution in [0.5, 0.6) is 0 Å². The monoisotopic (exact) mass is 376 g/mol. The number of hydrogen-bond donors (Lipinski definition) is 0. The van der Waals surface area contributed by atoms with Gasteiger partial charge in [-0.1, -0.05) is 23.2 Å². The van der Waals surface area contributed by atoms with Gasteiger partial charge in [0.2, 0.25) is 0 Å². The van der Waals surface area contributed by atoms with E-state index in [9.17, 15) is 13.2 Å². The second kappa shape index (κ2) is 5.85. The van der Waals surface area contributed by atoms with Crippen molar-refractivity contribution in [1.29, 1.82) is 0 Å². The number of fused-ring (bicyclic) bond motifs is 1. The second-order valence-electron chi connectivity index (χ2n) is 4.79. The highest BCUT2D eigenvalue weighted by Crippen LogP contribution is 2.38. The Morgan fingerprint density at radius 2 is 2.05 bits per heavy atom. The molecule has 0 bridgehead atoms. The molecule has 116 valence electrons. The lowest BCUT2D eigenvalue weighted by Gasteiger charge is -2.23. The van der Waals surface area contributed by atoms with E-state index in [-0.39, 0.29) is 27.0 Å². The van der Waals surface area contributed by atoms with Gasteiger partial charge < -0.3 is 4.74 Å². The summed E-state index contributed by atoms with van der Waals surface area (Å²) < 4.78 is 29.7. The van der Waals surface area contributed by atoms with Crippen LogP contribution in [0.25, 0.3) is 0 Å². The lowest BCUT2D eigenvalue weighted by atomic mass is 10.1. The van der Waals surface area contributed by atoms with E-state index in [0.717, 1.165) is 11.3 Å². The van der Waals surface area contributed by atoms with Gasteiger partial charge in [-0.05, 0) is 29.6 Å². The van der Waals surface area contributed by atoms with Crippen LogP contribution in [0.2, 0.25) is 10.0 Å². The Bertz CT molecular complexity index is 842. The molecule has 2 heterocycles. The number of carbonyl (C=O) groups is 1. The van der Waals surface area contributed by atoms with E-state index in [1.54, 1.807) is 17.5 Å². The summed E-state index contributed by atoms with van der Waals surface area (Å²) in [7, 11) is -3.26. The molecule has 0 radical (unpaired) electrons. The molecule has 2 aromatic rings. The Morgan fingerprint density at radius 3 is 2.77 bits per heavy atom. The van der Waals surface area contributed by atoms with Crippen LogP contribution in [0.15, 0.2) is 33.9 Å². The number of hydrogen-bond acceptors (Lipinski definition) is 5. The third-order valence-electron chi connectivity index (χ3n) is 3.34. The standard InChI is InChI=1S/C14H10Cl2O4S2/c15-8-1-2-9(11(16)7-8)13(17)20-12-4-6-22(18,19)14-10(12)3-5-21-14/h1-3,5,7,12H,4,6H2/t12-/m0/s1. The molecule has 0 spiro atoms. The van der Waals surface area contributed by atoms with Crippen LogP contribution in [0.4, 0.5) is 0 Å². The van der Waals surface area contributed by atoms with Gasteiger partial charge in [0.05, 0.1) is 16.3 Å². The normalized spacial score (nSPS) is 19.5. The molecule has 3 rings (SSSR count). The average Bonchev–Trinajstić information content (AvgIpc) is 2.93. The maximum absolute atomic E-state index is 12.2. The number of ether oxygens (including phenoxy) is 1. The Labute approximate surface area is 141 Å². The summed E-state index contributed by atoms with van der Waals surface area (Å²) in [4.78, 5) is 12.2. The fourth-order valence-corrected chi connectivity index (χ4v) is 5.71. The van der Waals surface area contributed by atoms with Crippen LogP contribution in [0, 0.1) is 0 Å². The van der Waals surface area contributed by atoms with E-state index in [1.807, 2.05) is 0 Å². The fourth-order valence-electron chi connectivity index (χ4n) is 2.28. The summed E-state index contributed by atoms with van der Waals surface area (Å²) in [5, 5.41) is 2.31. The smallest absolute Gasteiger partial charge is 0.340 e. The molecule has 1 atom stereocenters. The van der Waals surface area contributed by atoms with Crippen molar-refractivity contribution in [3.05, 3.63) is 50.8 Å². The predicted octanol–water partition coefficient (Wildman–Crippen LogP) is 4.13. The van der Waals surface area contributed by atoms with E-state index >= 15 is 0 Å². The Hall–Kier alpha value is -1.08. The average molecular weight is 377 g/mol. The minimum Gasteiger partial charge on any atom is -0.454 e. The van der Waals surface area contributed by atoms with Gasteiger partial charge in [0.25, 0.3) is 0 Å². The molecule has 22 heavy (non-hydrogen) atoms. The largest absolute Gasteiger partial charge is 0.454 e. The molecule has 0 aliphatic carbocycles. The van der Waals surface area contributed by atoms with Gasteiger partial charge in [0.1, 0.15) is 10.3 Å². The Kier molecular flexibility index (Phi) is 4.20. The first-order valence-corrected chi connectivity index (χ1v) is 9.63. The van der Waals surface area contributed by atoms with Crippen molar-refractivity contribution in [3.63, 3.8) is 0 Å². The highest BCUT2D eigenvalue weighted by atomic mass is 35.5. The zero-order valence-corrected chi connectivity index (χ0v) is 14.2. The molecule has 1 aliphatic rings. The number of benzene rings is 1. The van der Waals surface area contributed by atoms with E-state index in [2.05, 4.69) is 0 Å². The summed E-state index contributed by atoms with van der Waals surface area (Å²) in [5.41, 5.74) is 0.742. The summed E-state index contributed by atoms with van der Waals surface area (Å²) >= 11 is 12.9. The first-order valence-electron chi connectivity index (χ1n) is 6.34. The highest BCUT2D eigenvalue weighted by Gasteiger charge is 2.34. The molecule has 0 saturated heterocycles. The molecule has 0 amide bonds. The van der Waals surface area contributed by atoms with Crippen LogP contribution in [0.3, 0.4) is 0 Å². The van der Waals surface area contributed by atoms with Crippen molar-refractivity contribution in [2.24, 2.45) is 0 Å². The molecular formula is C14H10Cl2O4S2. The number of carbonyl (C=O) groups excluding carboxylic acids is 1. The maximum atomic E-state index is 12.2. The van der Waals surface area contributed by atoms with E-state index in [4.69, 9.17) is 27.9 Å². The van der Waals surface area contributed by atoms with Gasteiger partial charge in [-0.2, -0.15) is 0 Å². The van der Waals surface area contributed by atoms with E-state index in [1.165, 1.54) is 12.1 Å². The van der Waals surface area contributed by atoms with E-state index in [0.29, 0.717) is 10.6 Å². The van der Waals surface area contributed by atoms with Crippen molar-refractivity contribution >= 4 is 50.3 Å². The number of sulfone groups is 1. The number of halogens is 2. The minimum atomic E-state index is -3.26. The molecule has 1 aromatic carbocycles. The van der Waals surface area contributed by atoms with Crippen LogP contribution in [0.1, 0.15) is 28.4 Å². The summed E-state index contributed by atoms with van der Waals surface area (Å²) in [6, 6.07) is 6.17. The SMILES string of the molecule is O=C(O[C@H]1CCS(=O)(=O)c2sccc21)c1ccc(Cl)cc1Cl. The van der Waals surface area contributed by atoms with Crippen LogP contribution < -0.4 is 0 Å². The van der Waals surface area contributed by atoms with Crippen LogP contribution >= 0.6 is 34.5 Å². The zero-order chi connectivity index (χ0) is 15.9. The van der Waals surface area contributed by atoms with Gasteiger partial charge in [0, 0.05) is 17.0 Å². The first-order chi connectivity index (χ1) is 10.4. The molecule has 4 nitrogen and oxygen atoms in total. The Morgan fingerprint density at radius 1 is 1.27 bits per heavy atom. The lowest BCUT2D eigenvalue weighted by Crippen LogP contribution is -2.22. The summed E-state index contributed by atoms with van der Waals surface area (Å²) in [5.74, 6) is -0.629. The topological polar surface area (TPSA) is 60.4 Å². The van der Waals surface area contributed by atoms with Crippen molar-refractivity contribution in [1.82, 2.24) is 0 Å². The molecule has 0 saturated carbocycles. The van der Waals surface area contributed by atoms with Gasteiger partial charge in [-0.25, -0.2) is 13.2 Å². The molecular weight excluding hydrogens is 367 g/mol. The molecule has 8 heteroatoms. The fraction of sp³-hybridized carbons (Fsp3) is 0.214. The maximum Gasteiger partial charge on any atom is 0.340 e. The molecule has 1 aromatic heterocycles. The number of thiophene rings is 1. The van der Waals surface area contributed by atoms with Crippen LogP contribution in [-0.4, -0.2) is 20.1 Å². The van der Waals surface area contributed by atoms with Gasteiger partial charge in [-0.15, -0.1) is 11.3 Å². The van der Waals surface area contributed by atoms with Crippen molar-refractivity contribution < 1.29 is 17.9 Å². The number of rotatable bonds is 2. The van der Waals surface area contributed by atoms with E-state index < -0.39 is 21.9 Å². The first kappa shape index (κ1) is 15.8. The zero-order valence-electron chi connectivity index (χ0n) is 11.1. The predicted molar refractivity (Wildman–Crippen MR) is 85.6 cm³/mol. The molecule has 0 unspecified atom stereocenters. The number of esters is 1. The molecule has 0 N–H and O–H groups in total. The van der Waals surface area contributed by atoms with Gasteiger partial charge in [0.15, 0.2) is 9.84 Å². The summed E-state index contributed by atoms with van der Waals surface area (Å²) in [6.07, 6.45) is -0.341. The molecule has 0 fully saturated rings. The minimum absolute atomic E-state index is 0.0349. The van der Waals surface area contributed by atoms with Crippen molar-refractivity contribution in [3.8, 4) is 0 Å². The van der Waals surface area contributed by atoms with Crippen molar-refractivity contribution in [2.75, 3.05) is 5.75 Å². The highest BCUT2D eigenvalue weighted by molar-refractivity contribution is 7.93. The third kappa shape index (κ3) is 2.88. The quantitative estimate of drug-likeness (QED) is 0.739. The van der Waals surface area contributed by atoms with Gasteiger partial charge in [-0.3, -0.25) is 0 Å².